The van der Waals surface area contributed by atoms with Crippen LogP contribution in [0.5, 0.6) is 5.75 Å². The van der Waals surface area contributed by atoms with Gasteiger partial charge < -0.3 is 4.74 Å². The van der Waals surface area contributed by atoms with Crippen molar-refractivity contribution >= 4 is 0 Å². The van der Waals surface area contributed by atoms with Gasteiger partial charge >= 0.3 is 0 Å². The lowest BCUT2D eigenvalue weighted by Gasteiger charge is -2.05. The van der Waals surface area contributed by atoms with Gasteiger partial charge in [-0.25, -0.2) is 0 Å². The van der Waals surface area contributed by atoms with Crippen molar-refractivity contribution in [2.24, 2.45) is 0 Å². The lowest BCUT2D eigenvalue weighted by Crippen LogP contribution is -1.85. The quantitative estimate of drug-likeness (QED) is 0.798. The predicted octanol–water partition coefficient (Wildman–Crippen LogP) is 3.43. The summed E-state index contributed by atoms with van der Waals surface area (Å²) in [5, 5.41) is 8.61. The summed E-state index contributed by atoms with van der Waals surface area (Å²) in [6.45, 7) is 0. The first-order chi connectivity index (χ1) is 8.33. The van der Waals surface area contributed by atoms with Gasteiger partial charge in [-0.3, -0.25) is 0 Å². The second kappa shape index (κ2) is 5.18. The lowest BCUT2D eigenvalue weighted by atomic mass is 10.0. The number of benzene rings is 2. The highest BCUT2D eigenvalue weighted by atomic mass is 16.5. The minimum Gasteiger partial charge on any atom is -0.497 e. The summed E-state index contributed by atoms with van der Waals surface area (Å²) >= 11 is 0. The minimum atomic E-state index is 0.457. The van der Waals surface area contributed by atoms with Crippen molar-refractivity contribution < 1.29 is 4.74 Å². The summed E-state index contributed by atoms with van der Waals surface area (Å²) in [7, 11) is 1.66. The maximum absolute atomic E-state index is 8.61. The van der Waals surface area contributed by atoms with E-state index in [-0.39, 0.29) is 0 Å². The van der Waals surface area contributed by atoms with Crippen LogP contribution >= 0.6 is 0 Å². The lowest BCUT2D eigenvalue weighted by molar-refractivity contribution is 0.415. The van der Waals surface area contributed by atoms with Crippen LogP contribution in [0.25, 0.3) is 11.1 Å². The molecule has 2 rings (SSSR count). The Morgan fingerprint density at radius 2 is 1.82 bits per heavy atom. The van der Waals surface area contributed by atoms with Gasteiger partial charge in [-0.1, -0.05) is 36.4 Å². The molecule has 0 amide bonds. The van der Waals surface area contributed by atoms with Crippen LogP contribution in [0.4, 0.5) is 0 Å². The summed E-state index contributed by atoms with van der Waals surface area (Å²) in [4.78, 5) is 0. The van der Waals surface area contributed by atoms with Crippen LogP contribution in [-0.4, -0.2) is 7.11 Å². The number of rotatable bonds is 3. The molecule has 0 aliphatic heterocycles. The Morgan fingerprint density at radius 1 is 1.06 bits per heavy atom. The van der Waals surface area contributed by atoms with Gasteiger partial charge in [0, 0.05) is 0 Å². The maximum Gasteiger partial charge on any atom is 0.119 e. The van der Waals surface area contributed by atoms with Gasteiger partial charge in [0.2, 0.25) is 0 Å². The Labute approximate surface area is 101 Å². The Balaban J connectivity index is 2.30. The average molecular weight is 223 g/mol. The largest absolute Gasteiger partial charge is 0.497 e. The third-order valence-electron chi connectivity index (χ3n) is 2.64. The zero-order chi connectivity index (χ0) is 12.1. The van der Waals surface area contributed by atoms with Crippen LogP contribution in [-0.2, 0) is 6.42 Å². The van der Waals surface area contributed by atoms with Crippen LogP contribution in [0.2, 0.25) is 0 Å². The molecule has 0 saturated heterocycles. The van der Waals surface area contributed by atoms with E-state index in [0.29, 0.717) is 6.42 Å². The molecule has 0 atom stereocenters. The number of ether oxygens (including phenoxy) is 1. The molecule has 0 spiro atoms. The fourth-order valence-electron chi connectivity index (χ4n) is 1.71. The summed E-state index contributed by atoms with van der Waals surface area (Å²) in [6.07, 6.45) is 0.457. The number of nitrogens with zero attached hydrogens (tertiary/aromatic N) is 1. The maximum atomic E-state index is 8.61. The molecule has 0 aliphatic carbocycles. The molecule has 2 heteroatoms. The molecule has 0 saturated carbocycles. The van der Waals surface area contributed by atoms with Gasteiger partial charge in [-0.05, 0) is 28.8 Å². The standard InChI is InChI=1S/C15H13NO/c1-17-15-4-2-3-14(11-15)13-7-5-12(6-8-13)9-10-16/h2-8,11H,9H2,1H3. The average Bonchev–Trinajstić information content (AvgIpc) is 2.40. The van der Waals surface area contributed by atoms with Crippen LogP contribution in [0.15, 0.2) is 48.5 Å². The molecule has 17 heavy (non-hydrogen) atoms. The molecule has 0 unspecified atom stereocenters. The number of hydrogen-bond donors (Lipinski definition) is 0. The van der Waals surface area contributed by atoms with E-state index in [2.05, 4.69) is 6.07 Å². The van der Waals surface area contributed by atoms with Gasteiger partial charge in [0.1, 0.15) is 5.75 Å². The van der Waals surface area contributed by atoms with E-state index < -0.39 is 0 Å². The van der Waals surface area contributed by atoms with Crippen LogP contribution in [0.3, 0.4) is 0 Å². The van der Waals surface area contributed by atoms with Crippen molar-refractivity contribution in [2.45, 2.75) is 6.42 Å². The van der Waals surface area contributed by atoms with Crippen molar-refractivity contribution in [3.8, 4) is 22.9 Å². The van der Waals surface area contributed by atoms with Crippen molar-refractivity contribution in [1.82, 2.24) is 0 Å². The molecule has 0 aliphatic rings. The number of nitriles is 1. The van der Waals surface area contributed by atoms with Crippen LogP contribution in [0.1, 0.15) is 5.56 Å². The molecule has 0 heterocycles. The van der Waals surface area contributed by atoms with Crippen molar-refractivity contribution in [1.29, 1.82) is 5.26 Å². The Morgan fingerprint density at radius 3 is 2.47 bits per heavy atom. The normalized spacial score (nSPS) is 9.65. The fraction of sp³-hybridized carbons (Fsp3) is 0.133. The highest BCUT2D eigenvalue weighted by molar-refractivity contribution is 5.65. The van der Waals surface area contributed by atoms with E-state index in [0.717, 1.165) is 22.4 Å². The zero-order valence-electron chi connectivity index (χ0n) is 9.68. The molecular formula is C15H13NO. The minimum absolute atomic E-state index is 0.457. The van der Waals surface area contributed by atoms with E-state index in [9.17, 15) is 0 Å². The third-order valence-corrected chi connectivity index (χ3v) is 2.64. The first-order valence-corrected chi connectivity index (χ1v) is 5.44. The Kier molecular flexibility index (Phi) is 3.42. The molecule has 2 aromatic carbocycles. The molecule has 2 aromatic rings. The van der Waals surface area contributed by atoms with E-state index in [4.69, 9.17) is 10.00 Å². The van der Waals surface area contributed by atoms with Crippen molar-refractivity contribution in [2.75, 3.05) is 7.11 Å². The molecule has 0 N–H and O–H groups in total. The second-order valence-corrected chi connectivity index (χ2v) is 3.76. The Bertz CT molecular complexity index is 538. The predicted molar refractivity (Wildman–Crippen MR) is 67.7 cm³/mol. The van der Waals surface area contributed by atoms with Crippen LogP contribution < -0.4 is 4.74 Å². The van der Waals surface area contributed by atoms with Gasteiger partial charge in [-0.2, -0.15) is 5.26 Å². The van der Waals surface area contributed by atoms with Gasteiger partial charge in [0.05, 0.1) is 19.6 Å². The topological polar surface area (TPSA) is 33.0 Å². The molecule has 2 nitrogen and oxygen atoms in total. The summed E-state index contributed by atoms with van der Waals surface area (Å²) in [5.41, 5.74) is 3.29. The Hall–Kier alpha value is -2.27. The smallest absolute Gasteiger partial charge is 0.119 e. The van der Waals surface area contributed by atoms with Crippen LogP contribution in [0, 0.1) is 11.3 Å². The zero-order valence-corrected chi connectivity index (χ0v) is 9.68. The van der Waals surface area contributed by atoms with E-state index in [1.165, 1.54) is 0 Å². The SMILES string of the molecule is COc1cccc(-c2ccc(CC#N)cc2)c1. The second-order valence-electron chi connectivity index (χ2n) is 3.76. The monoisotopic (exact) mass is 223 g/mol. The third kappa shape index (κ3) is 2.64. The van der Waals surface area contributed by atoms with E-state index in [1.54, 1.807) is 7.11 Å². The number of hydrogen-bond acceptors (Lipinski definition) is 2. The van der Waals surface area contributed by atoms with Gasteiger partial charge in [0.25, 0.3) is 0 Å². The highest BCUT2D eigenvalue weighted by Crippen LogP contribution is 2.23. The van der Waals surface area contributed by atoms with Crippen molar-refractivity contribution in [3.05, 3.63) is 54.1 Å². The van der Waals surface area contributed by atoms with E-state index >= 15 is 0 Å². The summed E-state index contributed by atoms with van der Waals surface area (Å²) in [5.74, 6) is 0.851. The molecule has 0 radical (unpaired) electrons. The first-order valence-electron chi connectivity index (χ1n) is 5.44. The van der Waals surface area contributed by atoms with Gasteiger partial charge in [-0.15, -0.1) is 0 Å². The highest BCUT2D eigenvalue weighted by Gasteiger charge is 1.99. The molecule has 84 valence electrons. The molecule has 0 aromatic heterocycles. The number of methoxy groups -OCH3 is 1. The van der Waals surface area contributed by atoms with E-state index in [1.807, 2.05) is 48.5 Å². The molecule has 0 bridgehead atoms. The van der Waals surface area contributed by atoms with Gasteiger partial charge in [0.15, 0.2) is 0 Å². The fourth-order valence-corrected chi connectivity index (χ4v) is 1.71. The summed E-state index contributed by atoms with van der Waals surface area (Å²) in [6, 6.07) is 18.1. The molecular weight excluding hydrogens is 210 g/mol. The van der Waals surface area contributed by atoms with Crippen molar-refractivity contribution in [3.63, 3.8) is 0 Å². The summed E-state index contributed by atoms with van der Waals surface area (Å²) < 4.78 is 5.20. The first kappa shape index (κ1) is 11.2. The molecule has 0 fully saturated rings.